The molecule has 0 aromatic heterocycles. The molecule has 0 amide bonds. The Labute approximate surface area is 384 Å². The molecule has 0 aliphatic heterocycles. The summed E-state index contributed by atoms with van der Waals surface area (Å²) in [5.41, 5.74) is 21.4. The molecular formula is C64H53N. The molecule has 10 aromatic carbocycles. The lowest BCUT2D eigenvalue weighted by Crippen LogP contribution is -2.10. The van der Waals surface area contributed by atoms with Crippen LogP contribution in [0.15, 0.2) is 212 Å². The van der Waals surface area contributed by atoms with E-state index in [2.05, 4.69) is 259 Å². The first-order chi connectivity index (χ1) is 31.4. The lowest BCUT2D eigenvalue weighted by Gasteiger charge is -2.28. The largest absolute Gasteiger partial charge is 0.310 e. The van der Waals surface area contributed by atoms with Crippen LogP contribution in [0.5, 0.6) is 0 Å². The van der Waals surface area contributed by atoms with Crippen molar-refractivity contribution in [1.29, 1.82) is 0 Å². The molecular weight excluding hydrogens is 783 g/mol. The van der Waals surface area contributed by atoms with E-state index in [1.165, 1.54) is 99.4 Å². The van der Waals surface area contributed by atoms with Gasteiger partial charge in [-0.1, -0.05) is 181 Å². The zero-order valence-corrected chi connectivity index (χ0v) is 38.2. The minimum absolute atomic E-state index is 0.0920. The number of rotatable bonds is 7. The molecule has 10 aromatic rings. The van der Waals surface area contributed by atoms with Crippen LogP contribution in [0.1, 0.15) is 52.7 Å². The van der Waals surface area contributed by atoms with E-state index in [-0.39, 0.29) is 10.8 Å². The SMILES string of the molecule is CC(C)(C)c1ccc(-c2cc3cc4c(cc3cc2-c2ccc(C(C)(C)C)cc2)-c2cc3cc(N(c5ccc(-c6ccccc6)cc5)c5ccc(-c6ccccc6)cc5)ccc3cc2-4)cc1. The molecule has 0 unspecified atom stereocenters. The molecule has 0 N–H and O–H groups in total. The van der Waals surface area contributed by atoms with E-state index in [0.717, 1.165) is 17.1 Å². The Morgan fingerprint density at radius 2 is 0.554 bits per heavy atom. The molecule has 11 rings (SSSR count). The van der Waals surface area contributed by atoms with Gasteiger partial charge in [0.2, 0.25) is 0 Å². The summed E-state index contributed by atoms with van der Waals surface area (Å²) in [6.45, 7) is 13.7. The summed E-state index contributed by atoms with van der Waals surface area (Å²) in [4.78, 5) is 2.38. The van der Waals surface area contributed by atoms with Gasteiger partial charge in [-0.05, 0) is 183 Å². The normalized spacial score (nSPS) is 12.2. The topological polar surface area (TPSA) is 3.24 Å². The van der Waals surface area contributed by atoms with Gasteiger partial charge in [-0.3, -0.25) is 0 Å². The van der Waals surface area contributed by atoms with E-state index in [9.17, 15) is 0 Å². The van der Waals surface area contributed by atoms with Crippen LogP contribution in [0.3, 0.4) is 0 Å². The van der Waals surface area contributed by atoms with E-state index in [4.69, 9.17) is 0 Å². The average molecular weight is 836 g/mol. The lowest BCUT2D eigenvalue weighted by atomic mass is 9.77. The van der Waals surface area contributed by atoms with Gasteiger partial charge in [-0.25, -0.2) is 0 Å². The Kier molecular flexibility index (Phi) is 9.70. The first-order valence-electron chi connectivity index (χ1n) is 23.0. The second kappa shape index (κ2) is 15.6. The standard InChI is InChI=1S/C64H53N/c1-63(2,3)52-26-17-46(18-27-52)57-37-50-40-61-59-36-48-25-34-56(35-49(48)39-60(59)62(61)41-51(50)38-58(57)47-19-28-53(29-20-47)64(4,5)6)65(54-30-21-44(22-31-54)42-13-9-7-10-14-42)55-32-23-45(24-33-55)43-15-11-8-12-16-43/h7-41H,1-6H3. The Hall–Kier alpha value is -7.48. The molecule has 0 radical (unpaired) electrons. The van der Waals surface area contributed by atoms with Gasteiger partial charge < -0.3 is 4.90 Å². The predicted molar refractivity (Wildman–Crippen MR) is 280 cm³/mol. The molecule has 65 heavy (non-hydrogen) atoms. The number of benzene rings is 10. The third kappa shape index (κ3) is 7.51. The Morgan fingerprint density at radius 3 is 0.938 bits per heavy atom. The summed E-state index contributed by atoms with van der Waals surface area (Å²) < 4.78 is 0. The van der Waals surface area contributed by atoms with Gasteiger partial charge in [0.05, 0.1) is 0 Å². The molecule has 1 nitrogen and oxygen atoms in total. The van der Waals surface area contributed by atoms with Crippen molar-refractivity contribution in [2.24, 2.45) is 0 Å². The van der Waals surface area contributed by atoms with Crippen molar-refractivity contribution in [3.05, 3.63) is 223 Å². The van der Waals surface area contributed by atoms with Crippen LogP contribution in [-0.2, 0) is 10.8 Å². The number of hydrogen-bond donors (Lipinski definition) is 0. The second-order valence-corrected chi connectivity index (χ2v) is 19.9. The summed E-state index contributed by atoms with van der Waals surface area (Å²) in [5.74, 6) is 0. The quantitative estimate of drug-likeness (QED) is 0.155. The molecule has 0 saturated heterocycles. The van der Waals surface area contributed by atoms with Gasteiger partial charge >= 0.3 is 0 Å². The second-order valence-electron chi connectivity index (χ2n) is 19.9. The molecule has 0 fully saturated rings. The van der Waals surface area contributed by atoms with Crippen molar-refractivity contribution in [3.8, 4) is 66.8 Å². The smallest absolute Gasteiger partial charge is 0.0468 e. The van der Waals surface area contributed by atoms with Crippen LogP contribution in [0.4, 0.5) is 17.1 Å². The highest BCUT2D eigenvalue weighted by Gasteiger charge is 2.26. The highest BCUT2D eigenvalue weighted by Crippen LogP contribution is 2.52. The fraction of sp³-hybridized carbons (Fsp3) is 0.125. The minimum atomic E-state index is 0.0920. The number of nitrogens with zero attached hydrogens (tertiary/aromatic N) is 1. The minimum Gasteiger partial charge on any atom is -0.310 e. The van der Waals surface area contributed by atoms with Crippen LogP contribution in [0.25, 0.3) is 88.3 Å². The van der Waals surface area contributed by atoms with E-state index >= 15 is 0 Å². The zero-order chi connectivity index (χ0) is 44.5. The van der Waals surface area contributed by atoms with Crippen LogP contribution in [0, 0.1) is 0 Å². The number of anilines is 3. The predicted octanol–water partition coefficient (Wildman–Crippen LogP) is 18.4. The first-order valence-corrected chi connectivity index (χ1v) is 23.0. The highest BCUT2D eigenvalue weighted by molar-refractivity contribution is 6.13. The van der Waals surface area contributed by atoms with Crippen molar-refractivity contribution in [2.75, 3.05) is 4.90 Å². The first kappa shape index (κ1) is 40.3. The summed E-state index contributed by atoms with van der Waals surface area (Å²) >= 11 is 0. The fourth-order valence-electron chi connectivity index (χ4n) is 9.69. The van der Waals surface area contributed by atoms with Crippen molar-refractivity contribution < 1.29 is 0 Å². The van der Waals surface area contributed by atoms with E-state index in [0.29, 0.717) is 0 Å². The van der Waals surface area contributed by atoms with E-state index in [1.54, 1.807) is 0 Å². The highest BCUT2D eigenvalue weighted by atomic mass is 15.1. The average Bonchev–Trinajstić information content (AvgIpc) is 3.33. The molecule has 0 atom stereocenters. The van der Waals surface area contributed by atoms with Gasteiger partial charge in [-0.2, -0.15) is 0 Å². The zero-order valence-electron chi connectivity index (χ0n) is 38.2. The summed E-state index contributed by atoms with van der Waals surface area (Å²) in [6.07, 6.45) is 0. The molecule has 0 saturated carbocycles. The third-order valence-electron chi connectivity index (χ3n) is 13.5. The van der Waals surface area contributed by atoms with Crippen LogP contribution in [0.2, 0.25) is 0 Å². The van der Waals surface area contributed by atoms with Gasteiger partial charge in [0, 0.05) is 17.1 Å². The Balaban J connectivity index is 0.994. The van der Waals surface area contributed by atoms with Crippen LogP contribution < -0.4 is 4.90 Å². The molecule has 0 heterocycles. The number of hydrogen-bond acceptors (Lipinski definition) is 1. The summed E-state index contributed by atoms with van der Waals surface area (Å²) in [5, 5.41) is 5.00. The van der Waals surface area contributed by atoms with Gasteiger partial charge in [-0.15, -0.1) is 0 Å². The molecule has 1 heteroatoms. The monoisotopic (exact) mass is 835 g/mol. The molecule has 1 aliphatic rings. The van der Waals surface area contributed by atoms with Gasteiger partial charge in [0.25, 0.3) is 0 Å². The number of fused-ring (bicyclic) bond motifs is 6. The maximum absolute atomic E-state index is 2.43. The molecule has 0 bridgehead atoms. The van der Waals surface area contributed by atoms with Crippen molar-refractivity contribution in [1.82, 2.24) is 0 Å². The summed E-state index contributed by atoms with van der Waals surface area (Å²) in [6, 6.07) is 79.1. The van der Waals surface area contributed by atoms with Crippen molar-refractivity contribution >= 4 is 38.6 Å². The van der Waals surface area contributed by atoms with Crippen molar-refractivity contribution in [2.45, 2.75) is 52.4 Å². The molecule has 1 aliphatic carbocycles. The van der Waals surface area contributed by atoms with Gasteiger partial charge in [0.1, 0.15) is 0 Å². The maximum Gasteiger partial charge on any atom is 0.0468 e. The fourth-order valence-corrected chi connectivity index (χ4v) is 9.69. The van der Waals surface area contributed by atoms with E-state index in [1.807, 2.05) is 0 Å². The third-order valence-corrected chi connectivity index (χ3v) is 13.5. The lowest BCUT2D eigenvalue weighted by molar-refractivity contribution is 0.590. The Morgan fingerprint density at radius 1 is 0.246 bits per heavy atom. The van der Waals surface area contributed by atoms with Crippen LogP contribution in [-0.4, -0.2) is 0 Å². The Bertz CT molecular complexity index is 3280. The molecule has 314 valence electrons. The van der Waals surface area contributed by atoms with Crippen LogP contribution >= 0.6 is 0 Å². The van der Waals surface area contributed by atoms with E-state index < -0.39 is 0 Å². The molecule has 0 spiro atoms. The maximum atomic E-state index is 2.43. The van der Waals surface area contributed by atoms with Crippen molar-refractivity contribution in [3.63, 3.8) is 0 Å². The van der Waals surface area contributed by atoms with Gasteiger partial charge in [0.15, 0.2) is 0 Å². The summed E-state index contributed by atoms with van der Waals surface area (Å²) in [7, 11) is 0.